The number of thioether (sulfide) groups is 1. The van der Waals surface area contributed by atoms with E-state index in [1.54, 1.807) is 13.8 Å². The van der Waals surface area contributed by atoms with Crippen molar-refractivity contribution in [2.24, 2.45) is 0 Å². The molecule has 9 heteroatoms. The number of aryl methyl sites for hydroxylation is 2. The van der Waals surface area contributed by atoms with Crippen LogP contribution in [0.4, 0.5) is 0 Å². The molecule has 0 amide bonds. The number of aromatic nitrogens is 8. The number of hydrogen-bond donors (Lipinski definition) is 0. The molecule has 0 N–H and O–H groups in total. The van der Waals surface area contributed by atoms with Crippen LogP contribution < -0.4 is 0 Å². The van der Waals surface area contributed by atoms with Crippen molar-refractivity contribution >= 4 is 11.8 Å². The maximum Gasteiger partial charge on any atom is 0.230 e. The summed E-state index contributed by atoms with van der Waals surface area (Å²) in [6.07, 6.45) is 0. The van der Waals surface area contributed by atoms with Crippen LogP contribution in [-0.2, 0) is 5.75 Å². The molecule has 0 aliphatic carbocycles. The summed E-state index contributed by atoms with van der Waals surface area (Å²) in [6, 6.07) is 28.5. The Kier molecular flexibility index (Phi) is 7.91. The largest absolute Gasteiger partial charge is 0.230 e. The standard InChI is InChI=1S/C16H14N4S.C9H8N4/c1-12-17-19-16(20-18-12)21-11-13-7-9-15(10-8-13)14-5-3-2-4-6-14;1-7-10-12-9(13-11-7)8-5-3-2-4-6-8/h2-10H,11H2,1H3;2-6H,1H3. The summed E-state index contributed by atoms with van der Waals surface area (Å²) in [5.41, 5.74) is 4.61. The molecular weight excluding hydrogens is 444 g/mol. The lowest BCUT2D eigenvalue weighted by molar-refractivity contribution is 0.713. The Balaban J connectivity index is 0.000000180. The molecule has 8 nitrogen and oxygen atoms in total. The van der Waals surface area contributed by atoms with Crippen molar-refractivity contribution in [3.05, 3.63) is 102 Å². The zero-order valence-corrected chi connectivity index (χ0v) is 19.6. The molecule has 2 aromatic heterocycles. The van der Waals surface area contributed by atoms with Crippen LogP contribution >= 0.6 is 11.8 Å². The molecule has 5 rings (SSSR count). The monoisotopic (exact) mass is 466 g/mol. The van der Waals surface area contributed by atoms with Gasteiger partial charge in [0.15, 0.2) is 11.6 Å². The minimum atomic E-state index is 0.561. The van der Waals surface area contributed by atoms with Gasteiger partial charge in [-0.25, -0.2) is 0 Å². The molecule has 0 radical (unpaired) electrons. The zero-order chi connectivity index (χ0) is 23.6. The van der Waals surface area contributed by atoms with Crippen LogP contribution in [0.3, 0.4) is 0 Å². The average molecular weight is 467 g/mol. The Morgan fingerprint density at radius 1 is 0.500 bits per heavy atom. The zero-order valence-electron chi connectivity index (χ0n) is 18.8. The Labute approximate surface area is 202 Å². The minimum absolute atomic E-state index is 0.561. The molecule has 0 fully saturated rings. The van der Waals surface area contributed by atoms with Crippen molar-refractivity contribution in [1.82, 2.24) is 40.8 Å². The SMILES string of the molecule is Cc1nnc(-c2ccccc2)nn1.Cc1nnc(SCc2ccc(-c3ccccc3)cc2)nn1. The maximum absolute atomic E-state index is 4.00. The second kappa shape index (κ2) is 11.7. The minimum Gasteiger partial charge on any atom is -0.131 e. The lowest BCUT2D eigenvalue weighted by atomic mass is 10.0. The Bertz CT molecular complexity index is 1280. The molecule has 0 saturated carbocycles. The summed E-state index contributed by atoms with van der Waals surface area (Å²) < 4.78 is 0. The maximum atomic E-state index is 4.00. The summed E-state index contributed by atoms with van der Waals surface area (Å²) in [6.45, 7) is 3.53. The third-order valence-corrected chi connectivity index (χ3v) is 5.50. The fourth-order valence-electron chi connectivity index (χ4n) is 2.88. The third-order valence-electron chi connectivity index (χ3n) is 4.60. The van der Waals surface area contributed by atoms with E-state index < -0.39 is 0 Å². The van der Waals surface area contributed by atoms with Gasteiger partial charge in [0.1, 0.15) is 0 Å². The topological polar surface area (TPSA) is 103 Å². The van der Waals surface area contributed by atoms with Gasteiger partial charge in [0.2, 0.25) is 11.0 Å². The lowest BCUT2D eigenvalue weighted by Crippen LogP contribution is -1.98. The fourth-order valence-corrected chi connectivity index (χ4v) is 3.57. The van der Waals surface area contributed by atoms with Crippen LogP contribution in [0.25, 0.3) is 22.5 Å². The molecule has 0 unspecified atom stereocenters. The summed E-state index contributed by atoms with van der Waals surface area (Å²) in [5, 5.41) is 31.9. The molecule has 0 saturated heterocycles. The summed E-state index contributed by atoms with van der Waals surface area (Å²) >= 11 is 1.54. The van der Waals surface area contributed by atoms with Crippen molar-refractivity contribution in [3.63, 3.8) is 0 Å². The van der Waals surface area contributed by atoms with Gasteiger partial charge in [0.25, 0.3) is 0 Å². The lowest BCUT2D eigenvalue weighted by Gasteiger charge is -2.04. The Morgan fingerprint density at radius 2 is 0.971 bits per heavy atom. The highest BCUT2D eigenvalue weighted by molar-refractivity contribution is 7.98. The highest BCUT2D eigenvalue weighted by atomic mass is 32.2. The van der Waals surface area contributed by atoms with Gasteiger partial charge in [-0.2, -0.15) is 0 Å². The van der Waals surface area contributed by atoms with Gasteiger partial charge in [-0.15, -0.1) is 40.8 Å². The third kappa shape index (κ3) is 6.69. The van der Waals surface area contributed by atoms with Gasteiger partial charge in [0.05, 0.1) is 0 Å². The van der Waals surface area contributed by atoms with Crippen LogP contribution in [0.1, 0.15) is 17.2 Å². The van der Waals surface area contributed by atoms with E-state index in [4.69, 9.17) is 0 Å². The van der Waals surface area contributed by atoms with Gasteiger partial charge in [0, 0.05) is 11.3 Å². The van der Waals surface area contributed by atoms with Crippen LogP contribution in [0.15, 0.2) is 90.1 Å². The predicted molar refractivity (Wildman–Crippen MR) is 132 cm³/mol. The van der Waals surface area contributed by atoms with E-state index in [0.717, 1.165) is 11.3 Å². The van der Waals surface area contributed by atoms with Crippen LogP contribution in [-0.4, -0.2) is 40.8 Å². The second-order valence-corrected chi connectivity index (χ2v) is 8.16. The molecule has 0 aliphatic heterocycles. The number of nitrogens with zero attached hydrogens (tertiary/aromatic N) is 8. The quantitative estimate of drug-likeness (QED) is 0.339. The highest BCUT2D eigenvalue weighted by Gasteiger charge is 2.02. The van der Waals surface area contributed by atoms with Crippen molar-refractivity contribution in [1.29, 1.82) is 0 Å². The van der Waals surface area contributed by atoms with E-state index in [1.165, 1.54) is 28.5 Å². The Hall–Kier alpha value is -4.11. The smallest absolute Gasteiger partial charge is 0.131 e. The predicted octanol–water partition coefficient (Wildman–Crippen LogP) is 4.78. The number of rotatable bonds is 5. The summed E-state index contributed by atoms with van der Waals surface area (Å²) in [4.78, 5) is 0. The molecule has 0 bridgehead atoms. The normalized spacial score (nSPS) is 10.3. The molecule has 34 heavy (non-hydrogen) atoms. The fraction of sp³-hybridized carbons (Fsp3) is 0.120. The van der Waals surface area contributed by atoms with Crippen LogP contribution in [0.2, 0.25) is 0 Å². The molecule has 5 aromatic rings. The number of hydrogen-bond acceptors (Lipinski definition) is 9. The van der Waals surface area contributed by atoms with E-state index in [9.17, 15) is 0 Å². The first-order chi connectivity index (χ1) is 16.7. The van der Waals surface area contributed by atoms with E-state index in [2.05, 4.69) is 77.2 Å². The van der Waals surface area contributed by atoms with Gasteiger partial charge < -0.3 is 0 Å². The van der Waals surface area contributed by atoms with Crippen molar-refractivity contribution < 1.29 is 0 Å². The van der Waals surface area contributed by atoms with E-state index in [0.29, 0.717) is 22.6 Å². The van der Waals surface area contributed by atoms with Gasteiger partial charge >= 0.3 is 0 Å². The first-order valence-corrected chi connectivity index (χ1v) is 11.6. The van der Waals surface area contributed by atoms with Gasteiger partial charge in [-0.1, -0.05) is 96.7 Å². The molecule has 0 aliphatic rings. The highest BCUT2D eigenvalue weighted by Crippen LogP contribution is 2.22. The van der Waals surface area contributed by atoms with E-state index >= 15 is 0 Å². The molecule has 168 valence electrons. The molecular formula is C25H22N8S. The first-order valence-electron chi connectivity index (χ1n) is 10.6. The second-order valence-electron chi connectivity index (χ2n) is 7.22. The van der Waals surface area contributed by atoms with E-state index in [-0.39, 0.29) is 0 Å². The molecule has 2 heterocycles. The van der Waals surface area contributed by atoms with E-state index in [1.807, 2.05) is 48.5 Å². The van der Waals surface area contributed by atoms with Crippen LogP contribution in [0.5, 0.6) is 0 Å². The van der Waals surface area contributed by atoms with Crippen molar-refractivity contribution in [2.45, 2.75) is 24.8 Å². The summed E-state index contributed by atoms with van der Waals surface area (Å²) in [5.74, 6) is 2.54. The Morgan fingerprint density at radius 3 is 1.53 bits per heavy atom. The summed E-state index contributed by atoms with van der Waals surface area (Å²) in [7, 11) is 0. The van der Waals surface area contributed by atoms with Crippen molar-refractivity contribution in [2.75, 3.05) is 0 Å². The molecule has 3 aromatic carbocycles. The number of benzene rings is 3. The van der Waals surface area contributed by atoms with Crippen LogP contribution in [0, 0.1) is 13.8 Å². The first kappa shape index (κ1) is 23.1. The average Bonchev–Trinajstić information content (AvgIpc) is 2.90. The van der Waals surface area contributed by atoms with Crippen molar-refractivity contribution in [3.8, 4) is 22.5 Å². The van der Waals surface area contributed by atoms with Gasteiger partial charge in [-0.3, -0.25) is 0 Å². The molecule has 0 atom stereocenters. The van der Waals surface area contributed by atoms with Gasteiger partial charge in [-0.05, 0) is 30.5 Å². The molecule has 0 spiro atoms.